The average molecular weight is 1140 g/mol. The fraction of sp³-hybridized carbons (Fsp3) is 0.634. The minimum Gasteiger partial charge on any atom is -0.462 e. The van der Waals surface area contributed by atoms with Crippen molar-refractivity contribution >= 4 is 19.8 Å². The zero-order valence-corrected chi connectivity index (χ0v) is 52.4. The summed E-state index contributed by atoms with van der Waals surface area (Å²) in [6.45, 7) is 3.58. The Morgan fingerprint density at radius 3 is 1.02 bits per heavy atom. The van der Waals surface area contributed by atoms with Crippen molar-refractivity contribution in [2.45, 2.75) is 264 Å². The number of unbranched alkanes of at least 4 members (excludes halogenated alkanes) is 22. The Kier molecular flexibility index (Phi) is 61.7. The molecular weight excluding hydrogens is 1030 g/mol. The van der Waals surface area contributed by atoms with Gasteiger partial charge in [-0.05, 0) is 122 Å². The molecular formula is C71H118NO8P. The largest absolute Gasteiger partial charge is 0.472 e. The topological polar surface area (TPSA) is 134 Å². The zero-order chi connectivity index (χ0) is 58.7. The fourth-order valence-corrected chi connectivity index (χ4v) is 9.22. The van der Waals surface area contributed by atoms with Crippen LogP contribution in [-0.4, -0.2) is 49.3 Å². The van der Waals surface area contributed by atoms with E-state index in [0.29, 0.717) is 6.42 Å². The Morgan fingerprint density at radius 1 is 0.383 bits per heavy atom. The van der Waals surface area contributed by atoms with E-state index in [1.807, 2.05) is 0 Å². The average Bonchev–Trinajstić information content (AvgIpc) is 3.46. The molecule has 0 aromatic carbocycles. The summed E-state index contributed by atoms with van der Waals surface area (Å²) in [6, 6.07) is 0. The molecule has 3 N–H and O–H groups in total. The summed E-state index contributed by atoms with van der Waals surface area (Å²) in [5.41, 5.74) is 5.39. The van der Waals surface area contributed by atoms with Crippen LogP contribution in [0.25, 0.3) is 0 Å². The summed E-state index contributed by atoms with van der Waals surface area (Å²) in [5.74, 6) is -0.873. The number of phosphoric ester groups is 1. The number of carbonyl (C=O) groups is 2. The monoisotopic (exact) mass is 1140 g/mol. The smallest absolute Gasteiger partial charge is 0.462 e. The van der Waals surface area contributed by atoms with Gasteiger partial charge in [-0.1, -0.05) is 269 Å². The van der Waals surface area contributed by atoms with Gasteiger partial charge < -0.3 is 20.1 Å². The quantitative estimate of drug-likeness (QED) is 0.0264. The third kappa shape index (κ3) is 64.9. The van der Waals surface area contributed by atoms with Crippen LogP contribution in [0.2, 0.25) is 0 Å². The maximum Gasteiger partial charge on any atom is 0.472 e. The van der Waals surface area contributed by atoms with Gasteiger partial charge in [-0.3, -0.25) is 18.6 Å². The van der Waals surface area contributed by atoms with E-state index in [0.717, 1.165) is 109 Å². The third-order valence-corrected chi connectivity index (χ3v) is 14.2. The van der Waals surface area contributed by atoms with Gasteiger partial charge in [0.1, 0.15) is 6.61 Å². The van der Waals surface area contributed by atoms with Crippen molar-refractivity contribution in [3.05, 3.63) is 146 Å². The Bertz CT molecular complexity index is 1830. The molecule has 0 bridgehead atoms. The molecule has 81 heavy (non-hydrogen) atoms. The predicted molar refractivity (Wildman–Crippen MR) is 348 cm³/mol. The number of hydrogen-bond donors (Lipinski definition) is 2. The van der Waals surface area contributed by atoms with Crippen LogP contribution < -0.4 is 5.73 Å². The highest BCUT2D eigenvalue weighted by atomic mass is 31.2. The van der Waals surface area contributed by atoms with Gasteiger partial charge in [-0.2, -0.15) is 0 Å². The first-order chi connectivity index (χ1) is 39.8. The summed E-state index contributed by atoms with van der Waals surface area (Å²) >= 11 is 0. The second kappa shape index (κ2) is 65.0. The summed E-state index contributed by atoms with van der Waals surface area (Å²) in [4.78, 5) is 35.3. The van der Waals surface area contributed by atoms with Crippen molar-refractivity contribution in [3.63, 3.8) is 0 Å². The molecule has 9 nitrogen and oxygen atoms in total. The summed E-state index contributed by atoms with van der Waals surface area (Å²) in [5, 5.41) is 0. The first-order valence-electron chi connectivity index (χ1n) is 32.3. The normalized spacial score (nSPS) is 14.0. The molecule has 2 atom stereocenters. The number of rotatable bonds is 59. The lowest BCUT2D eigenvalue weighted by molar-refractivity contribution is -0.161. The molecule has 0 aliphatic rings. The van der Waals surface area contributed by atoms with Crippen LogP contribution >= 0.6 is 7.82 Å². The van der Waals surface area contributed by atoms with E-state index in [1.54, 1.807) is 0 Å². The number of phosphoric acid groups is 1. The highest BCUT2D eigenvalue weighted by molar-refractivity contribution is 7.47. The van der Waals surface area contributed by atoms with Gasteiger partial charge >= 0.3 is 19.8 Å². The summed E-state index contributed by atoms with van der Waals surface area (Å²) in [6.07, 6.45) is 93.4. The molecule has 0 amide bonds. The molecule has 0 saturated heterocycles. The molecule has 0 spiro atoms. The highest BCUT2D eigenvalue weighted by Gasteiger charge is 2.26. The van der Waals surface area contributed by atoms with E-state index >= 15 is 0 Å². The Balaban J connectivity index is 4.05. The van der Waals surface area contributed by atoms with Gasteiger partial charge in [-0.15, -0.1) is 0 Å². The van der Waals surface area contributed by atoms with Gasteiger partial charge in [0, 0.05) is 19.4 Å². The Labute approximate surface area is 496 Å². The van der Waals surface area contributed by atoms with E-state index in [1.165, 1.54) is 116 Å². The first-order valence-corrected chi connectivity index (χ1v) is 33.8. The molecule has 0 aromatic rings. The number of hydrogen-bond acceptors (Lipinski definition) is 8. The molecule has 0 fully saturated rings. The first kappa shape index (κ1) is 76.9. The number of nitrogens with two attached hydrogens (primary N) is 1. The molecule has 0 saturated carbocycles. The van der Waals surface area contributed by atoms with Crippen molar-refractivity contribution in [2.24, 2.45) is 5.73 Å². The second-order valence-corrected chi connectivity index (χ2v) is 22.3. The molecule has 10 heteroatoms. The van der Waals surface area contributed by atoms with Crippen molar-refractivity contribution in [1.82, 2.24) is 0 Å². The molecule has 0 aromatic heterocycles. The molecule has 0 aliphatic heterocycles. The van der Waals surface area contributed by atoms with Gasteiger partial charge in [0.25, 0.3) is 0 Å². The van der Waals surface area contributed by atoms with Gasteiger partial charge in [0.2, 0.25) is 0 Å². The number of carbonyl (C=O) groups excluding carboxylic acids is 2. The maximum absolute atomic E-state index is 12.7. The fourth-order valence-electron chi connectivity index (χ4n) is 8.46. The third-order valence-electron chi connectivity index (χ3n) is 13.2. The second-order valence-electron chi connectivity index (χ2n) is 20.9. The van der Waals surface area contributed by atoms with E-state index < -0.39 is 32.5 Å². The van der Waals surface area contributed by atoms with Crippen LogP contribution in [0.5, 0.6) is 0 Å². The van der Waals surface area contributed by atoms with Crippen molar-refractivity contribution in [3.8, 4) is 0 Å². The lowest BCUT2D eigenvalue weighted by Gasteiger charge is -2.19. The number of ether oxygens (including phenoxy) is 2. The van der Waals surface area contributed by atoms with Crippen LogP contribution in [0, 0.1) is 0 Å². The molecule has 2 unspecified atom stereocenters. The van der Waals surface area contributed by atoms with E-state index in [-0.39, 0.29) is 32.6 Å². The minimum atomic E-state index is -4.41. The lowest BCUT2D eigenvalue weighted by atomic mass is 10.0. The SMILES string of the molecule is CC/C=C\C/C=C\C/C=C\C/C=C\C/C=C\C/C=C\C/C=C\C/C=C\C/C=C\CCCCCC(=O)OC(COC(=O)CCCCCCCCCCCCCCCC/C=C\C/C=C\C/C=C\CCCCCCC)COP(=O)(O)OCCN. The van der Waals surface area contributed by atoms with Gasteiger partial charge in [-0.25, -0.2) is 4.57 Å². The molecule has 460 valence electrons. The standard InChI is InChI=1S/C71H118NO8P/c1-3-5-7-9-11-13-15-17-19-21-23-25-27-29-31-33-34-36-38-40-42-44-46-48-50-52-54-56-58-60-62-64-71(74)80-69(68-79-81(75,76)78-66-65-72)67-77-70(73)63-61-59-57-55-53-51-49-47-45-43-41-39-37-35-32-30-28-26-24-22-20-18-16-14-12-10-8-6-4-2/h5,7,11,13,16-19,22-25,28-31,34,36,40,42,46,48,52,54,69H,3-4,6,8-10,12,14-15,20-21,26-27,32-33,35,37-39,41,43-45,47,49-51,53,55-68,72H2,1-2H3,(H,75,76)/b7-5-,13-11-,18-16-,19-17-,24-22-,25-23-,30-28-,31-29-,36-34-,42-40-,48-46-,54-52-. The maximum atomic E-state index is 12.7. The Morgan fingerprint density at radius 2 is 0.679 bits per heavy atom. The number of esters is 2. The van der Waals surface area contributed by atoms with Crippen molar-refractivity contribution in [2.75, 3.05) is 26.4 Å². The van der Waals surface area contributed by atoms with Crippen LogP contribution in [0.3, 0.4) is 0 Å². The lowest BCUT2D eigenvalue weighted by Crippen LogP contribution is -2.29. The van der Waals surface area contributed by atoms with Crippen LogP contribution in [-0.2, 0) is 32.7 Å². The molecule has 0 rings (SSSR count). The van der Waals surface area contributed by atoms with E-state index in [9.17, 15) is 19.0 Å². The van der Waals surface area contributed by atoms with Crippen LogP contribution in [0.1, 0.15) is 258 Å². The minimum absolute atomic E-state index is 0.0400. The zero-order valence-electron chi connectivity index (χ0n) is 51.5. The van der Waals surface area contributed by atoms with Crippen LogP contribution in [0.15, 0.2) is 146 Å². The van der Waals surface area contributed by atoms with Crippen LogP contribution in [0.4, 0.5) is 0 Å². The Hall–Kier alpha value is -4.11. The van der Waals surface area contributed by atoms with Crippen molar-refractivity contribution < 1.29 is 37.6 Å². The summed E-state index contributed by atoms with van der Waals surface area (Å²) in [7, 11) is -4.41. The molecule has 0 aliphatic carbocycles. The van der Waals surface area contributed by atoms with Crippen molar-refractivity contribution in [1.29, 1.82) is 0 Å². The highest BCUT2D eigenvalue weighted by Crippen LogP contribution is 2.43. The predicted octanol–water partition coefficient (Wildman–Crippen LogP) is 21.1. The van der Waals surface area contributed by atoms with Gasteiger partial charge in [0.15, 0.2) is 6.10 Å². The molecule has 0 radical (unpaired) electrons. The van der Waals surface area contributed by atoms with E-state index in [4.69, 9.17) is 24.3 Å². The summed E-state index contributed by atoms with van der Waals surface area (Å²) < 4.78 is 33.1. The molecule has 0 heterocycles. The van der Waals surface area contributed by atoms with E-state index in [2.05, 4.69) is 160 Å². The van der Waals surface area contributed by atoms with Gasteiger partial charge in [0.05, 0.1) is 13.2 Å². The number of allylic oxidation sites excluding steroid dienone is 24.